The van der Waals surface area contributed by atoms with Crippen LogP contribution in [0.5, 0.6) is 11.5 Å². The highest BCUT2D eigenvalue weighted by Crippen LogP contribution is 2.34. The first-order valence-corrected chi connectivity index (χ1v) is 6.67. The highest BCUT2D eigenvalue weighted by Gasteiger charge is 2.27. The highest BCUT2D eigenvalue weighted by molar-refractivity contribution is 7.92. The monoisotopic (exact) mass is 253 g/mol. The molecule has 1 unspecified atom stereocenters. The Hall–Kier alpha value is -1.74. The van der Waals surface area contributed by atoms with E-state index >= 15 is 0 Å². The second-order valence-electron chi connectivity index (χ2n) is 3.59. The molecule has 0 amide bonds. The summed E-state index contributed by atoms with van der Waals surface area (Å²) in [5, 5.41) is 7.81. The molecule has 1 aliphatic rings. The smallest absolute Gasteiger partial charge is 0.231 e. The van der Waals surface area contributed by atoms with E-state index in [0.29, 0.717) is 11.5 Å². The molecule has 6 heteroatoms. The fourth-order valence-corrected chi connectivity index (χ4v) is 3.03. The number of rotatable bonds is 3. The van der Waals surface area contributed by atoms with E-state index in [4.69, 9.17) is 14.7 Å². The predicted molar refractivity (Wildman–Crippen MR) is 59.4 cm³/mol. The summed E-state index contributed by atoms with van der Waals surface area (Å²) in [6, 6.07) is 6.17. The van der Waals surface area contributed by atoms with Crippen LogP contribution in [0.3, 0.4) is 0 Å². The largest absolute Gasteiger partial charge is 0.454 e. The van der Waals surface area contributed by atoms with E-state index in [9.17, 15) is 8.42 Å². The van der Waals surface area contributed by atoms with Crippen LogP contribution in [0.15, 0.2) is 23.1 Å². The van der Waals surface area contributed by atoms with Gasteiger partial charge in [-0.3, -0.25) is 0 Å². The van der Waals surface area contributed by atoms with Crippen LogP contribution in [-0.2, 0) is 9.84 Å². The topological polar surface area (TPSA) is 76.4 Å². The minimum Gasteiger partial charge on any atom is -0.454 e. The summed E-state index contributed by atoms with van der Waals surface area (Å²) in [5.41, 5.74) is 0. The van der Waals surface area contributed by atoms with Gasteiger partial charge >= 0.3 is 0 Å². The Bertz CT molecular complexity index is 574. The van der Waals surface area contributed by atoms with Crippen LogP contribution in [0.1, 0.15) is 13.3 Å². The number of sulfone groups is 1. The first kappa shape index (κ1) is 11.7. The lowest BCUT2D eigenvalue weighted by Gasteiger charge is -2.08. The second kappa shape index (κ2) is 4.26. The van der Waals surface area contributed by atoms with Gasteiger partial charge in [0.15, 0.2) is 26.6 Å². The minimum absolute atomic E-state index is 0.0916. The van der Waals surface area contributed by atoms with Crippen molar-refractivity contribution in [2.45, 2.75) is 23.5 Å². The molecule has 0 aromatic heterocycles. The Morgan fingerprint density at radius 2 is 2.12 bits per heavy atom. The van der Waals surface area contributed by atoms with Gasteiger partial charge in [0.05, 0.1) is 11.0 Å². The van der Waals surface area contributed by atoms with Crippen LogP contribution < -0.4 is 9.47 Å². The lowest BCUT2D eigenvalue weighted by Crippen LogP contribution is -2.18. The molecule has 0 aliphatic carbocycles. The zero-order valence-corrected chi connectivity index (χ0v) is 10.0. The maximum absolute atomic E-state index is 12.1. The minimum atomic E-state index is -3.62. The summed E-state index contributed by atoms with van der Waals surface area (Å²) in [6.45, 7) is 1.76. The van der Waals surface area contributed by atoms with E-state index in [1.54, 1.807) is 19.1 Å². The number of nitrogens with zero attached hydrogens (tertiary/aromatic N) is 1. The van der Waals surface area contributed by atoms with Crippen molar-refractivity contribution in [3.8, 4) is 17.6 Å². The molecule has 0 fully saturated rings. The fraction of sp³-hybridized carbons (Fsp3) is 0.364. The first-order valence-electron chi connectivity index (χ1n) is 5.12. The molecular weight excluding hydrogens is 242 g/mol. The van der Waals surface area contributed by atoms with Gasteiger partial charge in [0, 0.05) is 6.07 Å². The summed E-state index contributed by atoms with van der Waals surface area (Å²) >= 11 is 0. The fourth-order valence-electron chi connectivity index (χ4n) is 1.60. The van der Waals surface area contributed by atoms with Gasteiger partial charge in [-0.1, -0.05) is 6.92 Å². The SMILES string of the molecule is CCC(C#N)S(=O)(=O)c1ccc2c(c1)OCO2. The van der Waals surface area contributed by atoms with Crippen molar-refractivity contribution < 1.29 is 17.9 Å². The molecular formula is C11H11NO4S. The van der Waals surface area contributed by atoms with Gasteiger partial charge in [0.2, 0.25) is 6.79 Å². The maximum Gasteiger partial charge on any atom is 0.231 e. The normalized spacial score (nSPS) is 15.3. The zero-order valence-electron chi connectivity index (χ0n) is 9.21. The van der Waals surface area contributed by atoms with Gasteiger partial charge in [0.25, 0.3) is 0 Å². The third-order valence-electron chi connectivity index (χ3n) is 2.56. The van der Waals surface area contributed by atoms with Crippen molar-refractivity contribution in [3.63, 3.8) is 0 Å². The Labute approximate surface area is 99.5 Å². The standard InChI is InChI=1S/C11H11NO4S/c1-2-8(6-12)17(13,14)9-3-4-10-11(5-9)16-7-15-10/h3-5,8H,2,7H2,1H3. The predicted octanol–water partition coefficient (Wildman–Crippen LogP) is 1.49. The first-order chi connectivity index (χ1) is 8.09. The van der Waals surface area contributed by atoms with E-state index < -0.39 is 15.1 Å². The molecule has 0 radical (unpaired) electrons. The zero-order chi connectivity index (χ0) is 12.5. The summed E-state index contributed by atoms with van der Waals surface area (Å²) in [6.07, 6.45) is 0.257. The van der Waals surface area contributed by atoms with Crippen LogP contribution in [0.4, 0.5) is 0 Å². The van der Waals surface area contributed by atoms with E-state index in [2.05, 4.69) is 0 Å². The number of benzene rings is 1. The molecule has 0 bridgehead atoms. The van der Waals surface area contributed by atoms with Gasteiger partial charge in [0.1, 0.15) is 0 Å². The van der Waals surface area contributed by atoms with Crippen molar-refractivity contribution in [1.82, 2.24) is 0 Å². The van der Waals surface area contributed by atoms with Crippen LogP contribution in [0.25, 0.3) is 0 Å². The summed E-state index contributed by atoms with van der Waals surface area (Å²) < 4.78 is 34.4. The Balaban J connectivity index is 2.45. The van der Waals surface area contributed by atoms with Crippen LogP contribution in [0, 0.1) is 11.3 Å². The molecule has 90 valence electrons. The summed E-state index contributed by atoms with van der Waals surface area (Å²) in [5.74, 6) is 0.924. The van der Waals surface area contributed by atoms with E-state index in [1.165, 1.54) is 12.1 Å². The number of ether oxygens (including phenoxy) is 2. The van der Waals surface area contributed by atoms with Gasteiger partial charge in [-0.25, -0.2) is 8.42 Å². The average Bonchev–Trinajstić information content (AvgIpc) is 2.77. The molecule has 1 atom stereocenters. The average molecular weight is 253 g/mol. The Kier molecular flexibility index (Phi) is 2.94. The van der Waals surface area contributed by atoms with E-state index in [-0.39, 0.29) is 18.1 Å². The molecule has 2 rings (SSSR count). The second-order valence-corrected chi connectivity index (χ2v) is 5.72. The van der Waals surface area contributed by atoms with Crippen LogP contribution >= 0.6 is 0 Å². The molecule has 5 nitrogen and oxygen atoms in total. The molecule has 1 aromatic rings. The van der Waals surface area contributed by atoms with E-state index in [1.807, 2.05) is 0 Å². The van der Waals surface area contributed by atoms with Crippen molar-refractivity contribution in [3.05, 3.63) is 18.2 Å². The number of fused-ring (bicyclic) bond motifs is 1. The number of nitriles is 1. The Morgan fingerprint density at radius 3 is 2.76 bits per heavy atom. The molecule has 0 N–H and O–H groups in total. The van der Waals surface area contributed by atoms with Crippen molar-refractivity contribution in [1.29, 1.82) is 5.26 Å². The van der Waals surface area contributed by atoms with Crippen molar-refractivity contribution in [2.24, 2.45) is 0 Å². The quantitative estimate of drug-likeness (QED) is 0.815. The van der Waals surface area contributed by atoms with Crippen molar-refractivity contribution in [2.75, 3.05) is 6.79 Å². The Morgan fingerprint density at radius 1 is 1.41 bits per heavy atom. The molecule has 1 aliphatic heterocycles. The number of hydrogen-bond acceptors (Lipinski definition) is 5. The highest BCUT2D eigenvalue weighted by atomic mass is 32.2. The van der Waals surface area contributed by atoms with Gasteiger partial charge in [-0.05, 0) is 18.6 Å². The third-order valence-corrected chi connectivity index (χ3v) is 4.66. The summed E-state index contributed by atoms with van der Waals surface area (Å²) in [7, 11) is -3.62. The van der Waals surface area contributed by atoms with Crippen molar-refractivity contribution >= 4 is 9.84 Å². The molecule has 0 saturated carbocycles. The summed E-state index contributed by atoms with van der Waals surface area (Å²) in [4.78, 5) is 0.0927. The molecule has 17 heavy (non-hydrogen) atoms. The van der Waals surface area contributed by atoms with E-state index in [0.717, 1.165) is 0 Å². The number of hydrogen-bond donors (Lipinski definition) is 0. The maximum atomic E-state index is 12.1. The van der Waals surface area contributed by atoms with Gasteiger partial charge in [-0.15, -0.1) is 0 Å². The molecule has 1 aromatic carbocycles. The van der Waals surface area contributed by atoms with Crippen LogP contribution in [0.2, 0.25) is 0 Å². The van der Waals surface area contributed by atoms with Gasteiger partial charge < -0.3 is 9.47 Å². The lowest BCUT2D eigenvalue weighted by atomic mass is 10.3. The van der Waals surface area contributed by atoms with Gasteiger partial charge in [-0.2, -0.15) is 5.26 Å². The molecule has 1 heterocycles. The van der Waals surface area contributed by atoms with Crippen LogP contribution in [-0.4, -0.2) is 20.5 Å². The third kappa shape index (κ3) is 1.94. The molecule has 0 saturated heterocycles. The lowest BCUT2D eigenvalue weighted by molar-refractivity contribution is 0.174. The molecule has 0 spiro atoms.